The summed E-state index contributed by atoms with van der Waals surface area (Å²) < 4.78 is 12.5. The summed E-state index contributed by atoms with van der Waals surface area (Å²) in [7, 11) is 0. The molecule has 5 nitrogen and oxygen atoms in total. The summed E-state index contributed by atoms with van der Waals surface area (Å²) in [6, 6.07) is 55.9. The lowest BCUT2D eigenvalue weighted by Crippen LogP contribution is -2.00. The Hall–Kier alpha value is -6.85. The molecule has 0 aliphatic heterocycles. The first-order valence-electron chi connectivity index (χ1n) is 16.6. The minimum absolute atomic E-state index is 0.586. The van der Waals surface area contributed by atoms with Gasteiger partial charge in [0, 0.05) is 38.2 Å². The van der Waals surface area contributed by atoms with E-state index < -0.39 is 0 Å². The highest BCUT2D eigenvalue weighted by atomic mass is 16.3. The van der Waals surface area contributed by atoms with Gasteiger partial charge in [-0.3, -0.25) is 0 Å². The van der Waals surface area contributed by atoms with E-state index in [1.54, 1.807) is 0 Å². The topological polar surface area (TPSA) is 65.0 Å². The molecule has 0 radical (unpaired) electrons. The lowest BCUT2D eigenvalue weighted by atomic mass is 9.99. The van der Waals surface area contributed by atoms with Crippen LogP contribution in [0.2, 0.25) is 0 Å². The highest BCUT2D eigenvalue weighted by Gasteiger charge is 2.16. The molecule has 0 saturated heterocycles. The number of furan rings is 2. The van der Waals surface area contributed by atoms with E-state index in [0.717, 1.165) is 77.3 Å². The molecular weight excluding hydrogens is 615 g/mol. The van der Waals surface area contributed by atoms with Crippen molar-refractivity contribution < 1.29 is 8.83 Å². The highest BCUT2D eigenvalue weighted by Crippen LogP contribution is 2.36. The van der Waals surface area contributed by atoms with Crippen molar-refractivity contribution in [2.75, 3.05) is 0 Å². The van der Waals surface area contributed by atoms with Crippen LogP contribution >= 0.6 is 0 Å². The van der Waals surface area contributed by atoms with Gasteiger partial charge in [-0.2, -0.15) is 0 Å². The fraction of sp³-hybridized carbons (Fsp3) is 0. The lowest BCUT2D eigenvalue weighted by Gasteiger charge is -2.10. The highest BCUT2D eigenvalue weighted by molar-refractivity contribution is 6.07. The maximum Gasteiger partial charge on any atom is 0.164 e. The molecule has 0 aliphatic carbocycles. The molecule has 0 N–H and O–H groups in total. The standard InChI is InChI=1S/C45H27N3O2/c1-3-10-28(11-4-1)32-18-21-37-38-25-31(20-23-40(38)50-41(37)26-32)30-14-9-15-33(24-30)44-46-43(29-12-5-2-6-13-29)47-45(48-44)34-19-22-36-35-16-7-8-17-39(35)49-42(36)27-34/h1-27H. The van der Waals surface area contributed by atoms with Crippen LogP contribution in [0.4, 0.5) is 0 Å². The maximum atomic E-state index is 6.32. The molecule has 0 fully saturated rings. The van der Waals surface area contributed by atoms with Crippen molar-refractivity contribution in [3.8, 4) is 56.4 Å². The minimum atomic E-state index is 0.586. The van der Waals surface area contributed by atoms with Crippen LogP contribution in [0.3, 0.4) is 0 Å². The molecule has 0 unspecified atom stereocenters. The molecule has 3 heterocycles. The summed E-state index contributed by atoms with van der Waals surface area (Å²) in [5.41, 5.74) is 10.5. The zero-order valence-corrected chi connectivity index (χ0v) is 26.7. The second-order valence-electron chi connectivity index (χ2n) is 12.5. The third-order valence-electron chi connectivity index (χ3n) is 9.34. The van der Waals surface area contributed by atoms with Gasteiger partial charge in [-0.1, -0.05) is 115 Å². The maximum absolute atomic E-state index is 6.32. The van der Waals surface area contributed by atoms with E-state index >= 15 is 0 Å². The van der Waals surface area contributed by atoms with Crippen molar-refractivity contribution in [2.24, 2.45) is 0 Å². The molecule has 0 atom stereocenters. The molecule has 50 heavy (non-hydrogen) atoms. The van der Waals surface area contributed by atoms with Crippen LogP contribution < -0.4 is 0 Å². The smallest absolute Gasteiger partial charge is 0.164 e. The van der Waals surface area contributed by atoms with Crippen molar-refractivity contribution in [3.63, 3.8) is 0 Å². The molecule has 0 amide bonds. The molecule has 0 aliphatic rings. The van der Waals surface area contributed by atoms with Crippen LogP contribution in [0, 0.1) is 0 Å². The summed E-state index contributed by atoms with van der Waals surface area (Å²) >= 11 is 0. The van der Waals surface area contributed by atoms with E-state index in [4.69, 9.17) is 23.8 Å². The third kappa shape index (κ3) is 4.83. The average molecular weight is 642 g/mol. The van der Waals surface area contributed by atoms with E-state index in [2.05, 4.69) is 103 Å². The third-order valence-corrected chi connectivity index (χ3v) is 9.34. The van der Waals surface area contributed by atoms with Gasteiger partial charge in [0.25, 0.3) is 0 Å². The van der Waals surface area contributed by atoms with E-state index in [1.165, 1.54) is 5.56 Å². The number of rotatable bonds is 5. The first-order valence-corrected chi connectivity index (χ1v) is 16.6. The second-order valence-corrected chi connectivity index (χ2v) is 12.5. The quantitative estimate of drug-likeness (QED) is 0.187. The Morgan fingerprint density at radius 3 is 1.48 bits per heavy atom. The second kappa shape index (κ2) is 11.4. The normalized spacial score (nSPS) is 11.6. The number of benzene rings is 7. The first-order chi connectivity index (χ1) is 24.7. The van der Waals surface area contributed by atoms with Gasteiger partial charge >= 0.3 is 0 Å². The van der Waals surface area contributed by atoms with Gasteiger partial charge in [-0.05, 0) is 70.8 Å². The predicted octanol–water partition coefficient (Wildman–Crippen LogP) is 12.0. The summed E-state index contributed by atoms with van der Waals surface area (Å²) in [4.78, 5) is 15.0. The predicted molar refractivity (Wildman–Crippen MR) is 202 cm³/mol. The fourth-order valence-corrected chi connectivity index (χ4v) is 6.82. The van der Waals surface area contributed by atoms with Crippen molar-refractivity contribution in [3.05, 3.63) is 164 Å². The fourth-order valence-electron chi connectivity index (χ4n) is 6.82. The van der Waals surface area contributed by atoms with E-state index in [9.17, 15) is 0 Å². The Morgan fingerprint density at radius 2 is 0.720 bits per heavy atom. The van der Waals surface area contributed by atoms with E-state index in [0.29, 0.717) is 17.5 Å². The number of hydrogen-bond donors (Lipinski definition) is 0. The van der Waals surface area contributed by atoms with E-state index in [-0.39, 0.29) is 0 Å². The molecule has 7 aromatic carbocycles. The molecule has 0 spiro atoms. The van der Waals surface area contributed by atoms with Crippen LogP contribution in [0.5, 0.6) is 0 Å². The van der Waals surface area contributed by atoms with Gasteiger partial charge in [0.1, 0.15) is 22.3 Å². The SMILES string of the molecule is c1ccc(-c2ccc3c(c2)oc2ccc(-c4cccc(-c5nc(-c6ccccc6)nc(-c6ccc7c(c6)oc6ccccc67)n5)c4)cc23)cc1. The molecule has 234 valence electrons. The van der Waals surface area contributed by atoms with Crippen LogP contribution in [0.1, 0.15) is 0 Å². The number of nitrogens with zero attached hydrogens (tertiary/aromatic N) is 3. The zero-order chi connectivity index (χ0) is 33.0. The number of aromatic nitrogens is 3. The van der Waals surface area contributed by atoms with Gasteiger partial charge < -0.3 is 8.83 Å². The van der Waals surface area contributed by atoms with Gasteiger partial charge in [-0.15, -0.1) is 0 Å². The van der Waals surface area contributed by atoms with Gasteiger partial charge in [0.05, 0.1) is 0 Å². The number of hydrogen-bond acceptors (Lipinski definition) is 5. The summed E-state index contributed by atoms with van der Waals surface area (Å²) in [5, 5.41) is 4.32. The Bertz CT molecular complexity index is 2870. The Morgan fingerprint density at radius 1 is 0.260 bits per heavy atom. The first kappa shape index (κ1) is 28.2. The van der Waals surface area contributed by atoms with Crippen LogP contribution in [-0.4, -0.2) is 15.0 Å². The lowest BCUT2D eigenvalue weighted by molar-refractivity contribution is 0.668. The van der Waals surface area contributed by atoms with Gasteiger partial charge in [0.15, 0.2) is 17.5 Å². The van der Waals surface area contributed by atoms with Crippen LogP contribution in [0.15, 0.2) is 173 Å². The largest absolute Gasteiger partial charge is 0.456 e. The van der Waals surface area contributed by atoms with Crippen molar-refractivity contribution in [1.82, 2.24) is 15.0 Å². The Labute approximate surface area is 287 Å². The molecular formula is C45H27N3O2. The Kier molecular flexibility index (Phi) is 6.42. The zero-order valence-electron chi connectivity index (χ0n) is 26.7. The summed E-state index contributed by atoms with van der Waals surface area (Å²) in [5.74, 6) is 1.80. The summed E-state index contributed by atoms with van der Waals surface area (Å²) in [6.07, 6.45) is 0. The molecule has 10 aromatic rings. The number of fused-ring (bicyclic) bond motifs is 6. The molecule has 0 saturated carbocycles. The molecule has 5 heteroatoms. The van der Waals surface area contributed by atoms with E-state index in [1.807, 2.05) is 60.7 Å². The van der Waals surface area contributed by atoms with Crippen LogP contribution in [-0.2, 0) is 0 Å². The van der Waals surface area contributed by atoms with Crippen molar-refractivity contribution in [2.45, 2.75) is 0 Å². The Balaban J connectivity index is 1.07. The summed E-state index contributed by atoms with van der Waals surface area (Å²) in [6.45, 7) is 0. The van der Waals surface area contributed by atoms with Crippen molar-refractivity contribution in [1.29, 1.82) is 0 Å². The van der Waals surface area contributed by atoms with Gasteiger partial charge in [-0.25, -0.2) is 15.0 Å². The van der Waals surface area contributed by atoms with Gasteiger partial charge in [0.2, 0.25) is 0 Å². The van der Waals surface area contributed by atoms with Crippen molar-refractivity contribution >= 4 is 43.9 Å². The molecule has 3 aromatic heterocycles. The monoisotopic (exact) mass is 641 g/mol. The molecule has 0 bridgehead atoms. The molecule has 10 rings (SSSR count). The van der Waals surface area contributed by atoms with Crippen LogP contribution in [0.25, 0.3) is 100 Å². The minimum Gasteiger partial charge on any atom is -0.456 e. The average Bonchev–Trinajstić information content (AvgIpc) is 3.75. The number of para-hydroxylation sites is 1.